The summed E-state index contributed by atoms with van der Waals surface area (Å²) in [6, 6.07) is 22.5. The Kier molecular flexibility index (Phi) is 4.43. The maximum absolute atomic E-state index is 6.32. The summed E-state index contributed by atoms with van der Waals surface area (Å²) in [6.07, 6.45) is 8.25. The number of nitrogens with zero attached hydrogens (tertiary/aromatic N) is 3. The lowest BCUT2D eigenvalue weighted by Gasteiger charge is -2.11. The minimum Gasteiger partial charge on any atom is -0.455 e. The van der Waals surface area contributed by atoms with Gasteiger partial charge in [0.1, 0.15) is 11.2 Å². The highest BCUT2D eigenvalue weighted by Gasteiger charge is 2.18. The fourth-order valence-electron chi connectivity index (χ4n) is 4.23. The van der Waals surface area contributed by atoms with Crippen molar-refractivity contribution in [3.8, 4) is 22.8 Å². The van der Waals surface area contributed by atoms with Gasteiger partial charge < -0.3 is 4.42 Å². The largest absolute Gasteiger partial charge is 0.455 e. The molecule has 154 valence electrons. The Morgan fingerprint density at radius 2 is 1.62 bits per heavy atom. The van der Waals surface area contributed by atoms with E-state index in [0.29, 0.717) is 11.6 Å². The van der Waals surface area contributed by atoms with Crippen LogP contribution >= 0.6 is 0 Å². The second-order valence-electron chi connectivity index (χ2n) is 8.11. The molecule has 4 heteroatoms. The molecule has 0 saturated carbocycles. The van der Waals surface area contributed by atoms with E-state index in [1.54, 1.807) is 0 Å². The standard InChI is InChI=1S/C28H21N3O/c1-18-15-16-21-22-13-8-14-23(25(22)32-24(21)17-18)28-30-26(19-9-4-2-5-10-19)29-27(31-28)20-11-6-3-7-12-20/h2-6,8-11,13-17H,7,12H2,1H3. The molecular weight excluding hydrogens is 394 g/mol. The zero-order valence-electron chi connectivity index (χ0n) is 17.7. The van der Waals surface area contributed by atoms with Gasteiger partial charge in [-0.25, -0.2) is 15.0 Å². The maximum atomic E-state index is 6.32. The number of para-hydroxylation sites is 1. The number of furan rings is 1. The predicted octanol–water partition coefficient (Wildman–Crippen LogP) is 7.15. The zero-order valence-corrected chi connectivity index (χ0v) is 17.7. The minimum absolute atomic E-state index is 0.630. The van der Waals surface area contributed by atoms with E-state index in [1.807, 2.05) is 42.5 Å². The van der Waals surface area contributed by atoms with Gasteiger partial charge in [-0.2, -0.15) is 0 Å². The number of allylic oxidation sites excluding steroid dienone is 4. The van der Waals surface area contributed by atoms with Crippen LogP contribution in [0.25, 0.3) is 50.3 Å². The second kappa shape index (κ2) is 7.57. The maximum Gasteiger partial charge on any atom is 0.167 e. The number of benzene rings is 3. The summed E-state index contributed by atoms with van der Waals surface area (Å²) < 4.78 is 6.32. The first-order chi connectivity index (χ1) is 15.8. The van der Waals surface area contributed by atoms with Gasteiger partial charge in [0.2, 0.25) is 0 Å². The van der Waals surface area contributed by atoms with Crippen molar-refractivity contribution in [3.63, 3.8) is 0 Å². The third-order valence-corrected chi connectivity index (χ3v) is 5.86. The summed E-state index contributed by atoms with van der Waals surface area (Å²) in [4.78, 5) is 14.6. The highest BCUT2D eigenvalue weighted by Crippen LogP contribution is 2.36. The summed E-state index contributed by atoms with van der Waals surface area (Å²) in [6.45, 7) is 2.07. The predicted molar refractivity (Wildman–Crippen MR) is 129 cm³/mol. The van der Waals surface area contributed by atoms with E-state index in [1.165, 1.54) is 5.56 Å². The number of fused-ring (bicyclic) bond motifs is 3. The number of hydrogen-bond donors (Lipinski definition) is 0. The van der Waals surface area contributed by atoms with Gasteiger partial charge in [-0.15, -0.1) is 0 Å². The molecule has 0 N–H and O–H groups in total. The Balaban J connectivity index is 1.61. The van der Waals surface area contributed by atoms with Gasteiger partial charge in [0, 0.05) is 16.3 Å². The average Bonchev–Trinajstić information content (AvgIpc) is 3.22. The molecule has 6 rings (SSSR count). The van der Waals surface area contributed by atoms with Gasteiger partial charge >= 0.3 is 0 Å². The Morgan fingerprint density at radius 3 is 2.47 bits per heavy atom. The van der Waals surface area contributed by atoms with Gasteiger partial charge in [0.25, 0.3) is 0 Å². The lowest BCUT2D eigenvalue weighted by molar-refractivity contribution is 0.669. The van der Waals surface area contributed by atoms with Gasteiger partial charge in [0.05, 0.1) is 5.56 Å². The summed E-state index contributed by atoms with van der Waals surface area (Å²) in [5, 5.41) is 2.17. The van der Waals surface area contributed by atoms with Gasteiger partial charge in [-0.05, 0) is 43.0 Å². The van der Waals surface area contributed by atoms with Gasteiger partial charge in [-0.1, -0.05) is 72.8 Å². The minimum atomic E-state index is 0.630. The molecule has 0 unspecified atom stereocenters. The van der Waals surface area contributed by atoms with E-state index in [2.05, 4.69) is 49.4 Å². The summed E-state index contributed by atoms with van der Waals surface area (Å²) in [5.74, 6) is 2.03. The van der Waals surface area contributed by atoms with Crippen LogP contribution < -0.4 is 0 Å². The van der Waals surface area contributed by atoms with E-state index in [9.17, 15) is 0 Å². The van der Waals surface area contributed by atoms with E-state index in [4.69, 9.17) is 19.4 Å². The molecule has 0 atom stereocenters. The number of hydrogen-bond acceptors (Lipinski definition) is 4. The van der Waals surface area contributed by atoms with Crippen molar-refractivity contribution in [2.45, 2.75) is 19.8 Å². The molecule has 0 fully saturated rings. The normalized spacial score (nSPS) is 13.6. The van der Waals surface area contributed by atoms with Crippen LogP contribution in [0.2, 0.25) is 0 Å². The van der Waals surface area contributed by atoms with Crippen LogP contribution in [0.1, 0.15) is 24.2 Å². The fourth-order valence-corrected chi connectivity index (χ4v) is 4.23. The average molecular weight is 415 g/mol. The Morgan fingerprint density at radius 1 is 0.781 bits per heavy atom. The monoisotopic (exact) mass is 415 g/mol. The van der Waals surface area contributed by atoms with Crippen LogP contribution in [0.15, 0.2) is 89.4 Å². The van der Waals surface area contributed by atoms with Crippen molar-refractivity contribution >= 4 is 27.5 Å². The molecule has 0 spiro atoms. The second-order valence-corrected chi connectivity index (χ2v) is 8.11. The molecule has 0 radical (unpaired) electrons. The molecule has 5 aromatic rings. The molecule has 2 aromatic heterocycles. The zero-order chi connectivity index (χ0) is 21.5. The highest BCUT2D eigenvalue weighted by molar-refractivity contribution is 6.09. The van der Waals surface area contributed by atoms with Crippen molar-refractivity contribution in [3.05, 3.63) is 96.3 Å². The smallest absolute Gasteiger partial charge is 0.167 e. The van der Waals surface area contributed by atoms with E-state index >= 15 is 0 Å². The summed E-state index contributed by atoms with van der Waals surface area (Å²) in [5.41, 5.74) is 5.83. The van der Waals surface area contributed by atoms with Crippen molar-refractivity contribution in [2.24, 2.45) is 0 Å². The van der Waals surface area contributed by atoms with Crippen LogP contribution in [0.4, 0.5) is 0 Å². The summed E-state index contributed by atoms with van der Waals surface area (Å²) in [7, 11) is 0. The van der Waals surface area contributed by atoms with Crippen molar-refractivity contribution in [1.29, 1.82) is 0 Å². The van der Waals surface area contributed by atoms with Crippen LogP contribution in [0.3, 0.4) is 0 Å². The third kappa shape index (κ3) is 3.21. The van der Waals surface area contributed by atoms with Crippen LogP contribution in [0.5, 0.6) is 0 Å². The van der Waals surface area contributed by atoms with E-state index in [0.717, 1.165) is 57.3 Å². The quantitative estimate of drug-likeness (QED) is 0.314. The lowest BCUT2D eigenvalue weighted by atomic mass is 10.0. The van der Waals surface area contributed by atoms with Crippen molar-refractivity contribution in [1.82, 2.24) is 15.0 Å². The lowest BCUT2D eigenvalue weighted by Crippen LogP contribution is -2.03. The molecule has 2 heterocycles. The topological polar surface area (TPSA) is 51.8 Å². The van der Waals surface area contributed by atoms with Gasteiger partial charge in [0.15, 0.2) is 17.5 Å². The summed E-state index contributed by atoms with van der Waals surface area (Å²) >= 11 is 0. The first-order valence-electron chi connectivity index (χ1n) is 10.9. The van der Waals surface area contributed by atoms with Crippen LogP contribution in [0, 0.1) is 6.92 Å². The Labute approximate surface area is 186 Å². The molecule has 1 aliphatic carbocycles. The Bertz CT molecular complexity index is 1530. The van der Waals surface area contributed by atoms with Crippen LogP contribution in [-0.4, -0.2) is 15.0 Å². The molecule has 4 nitrogen and oxygen atoms in total. The first kappa shape index (κ1) is 18.7. The van der Waals surface area contributed by atoms with Crippen molar-refractivity contribution in [2.75, 3.05) is 0 Å². The molecule has 0 saturated heterocycles. The number of rotatable bonds is 3. The SMILES string of the molecule is Cc1ccc2c(c1)oc1c(-c3nc(C4=CC=CCC4)nc(-c4ccccc4)n3)cccc12. The third-order valence-electron chi connectivity index (χ3n) is 5.86. The fraction of sp³-hybridized carbons (Fsp3) is 0.107. The first-order valence-corrected chi connectivity index (χ1v) is 10.9. The molecule has 3 aromatic carbocycles. The number of aryl methyl sites for hydroxylation is 1. The number of aromatic nitrogens is 3. The molecule has 32 heavy (non-hydrogen) atoms. The van der Waals surface area contributed by atoms with E-state index < -0.39 is 0 Å². The van der Waals surface area contributed by atoms with Gasteiger partial charge in [-0.3, -0.25) is 0 Å². The van der Waals surface area contributed by atoms with Crippen molar-refractivity contribution < 1.29 is 4.42 Å². The van der Waals surface area contributed by atoms with E-state index in [-0.39, 0.29) is 0 Å². The van der Waals surface area contributed by atoms with Crippen LogP contribution in [-0.2, 0) is 0 Å². The molecule has 0 amide bonds. The molecular formula is C28H21N3O. The molecule has 0 bridgehead atoms. The molecule has 1 aliphatic rings. The molecule has 0 aliphatic heterocycles. The Hall–Kier alpha value is -4.05. The highest BCUT2D eigenvalue weighted by atomic mass is 16.3.